The Bertz CT molecular complexity index is 86.1. The van der Waals surface area contributed by atoms with E-state index in [0.717, 1.165) is 18.8 Å². The summed E-state index contributed by atoms with van der Waals surface area (Å²) in [6.45, 7) is 0.801. The van der Waals surface area contributed by atoms with Gasteiger partial charge in [-0.15, -0.1) is 0 Å². The third-order valence-corrected chi connectivity index (χ3v) is 0.933. The van der Waals surface area contributed by atoms with Crippen molar-refractivity contribution in [3.8, 4) is 0 Å². The standard InChI is InChI=1S/C5H8O2/c6-4-5-2-1-3-7-5/h2,6H,1,3-4H2. The molecule has 2 nitrogen and oxygen atoms in total. The first-order valence-electron chi connectivity index (χ1n) is 2.36. The van der Waals surface area contributed by atoms with Crippen LogP contribution in [0, 0.1) is 0 Å². The van der Waals surface area contributed by atoms with Crippen LogP contribution in [0.1, 0.15) is 6.42 Å². The van der Waals surface area contributed by atoms with Gasteiger partial charge in [0.05, 0.1) is 6.61 Å². The van der Waals surface area contributed by atoms with Crippen molar-refractivity contribution in [2.45, 2.75) is 6.42 Å². The van der Waals surface area contributed by atoms with E-state index in [0.29, 0.717) is 0 Å². The number of hydrogen-bond acceptors (Lipinski definition) is 2. The fraction of sp³-hybridized carbons (Fsp3) is 0.600. The van der Waals surface area contributed by atoms with Gasteiger partial charge in [0.15, 0.2) is 0 Å². The van der Waals surface area contributed by atoms with Crippen LogP contribution in [0.25, 0.3) is 0 Å². The first-order chi connectivity index (χ1) is 3.43. The molecule has 7 heavy (non-hydrogen) atoms. The molecule has 1 aliphatic rings. The van der Waals surface area contributed by atoms with Gasteiger partial charge in [0.25, 0.3) is 0 Å². The molecule has 0 unspecified atom stereocenters. The Morgan fingerprint density at radius 2 is 2.71 bits per heavy atom. The fourth-order valence-electron chi connectivity index (χ4n) is 0.579. The maximum atomic E-state index is 8.37. The Kier molecular flexibility index (Phi) is 1.32. The van der Waals surface area contributed by atoms with Gasteiger partial charge in [0.1, 0.15) is 12.4 Å². The highest BCUT2D eigenvalue weighted by atomic mass is 16.5. The van der Waals surface area contributed by atoms with Crippen molar-refractivity contribution in [1.29, 1.82) is 0 Å². The molecule has 0 aromatic heterocycles. The van der Waals surface area contributed by atoms with Crippen LogP contribution in [0.15, 0.2) is 11.8 Å². The highest BCUT2D eigenvalue weighted by Gasteiger charge is 2.00. The summed E-state index contributed by atoms with van der Waals surface area (Å²) in [6, 6.07) is 0. The fourth-order valence-corrected chi connectivity index (χ4v) is 0.579. The molecule has 0 aliphatic carbocycles. The summed E-state index contributed by atoms with van der Waals surface area (Å²) in [5, 5.41) is 8.37. The smallest absolute Gasteiger partial charge is 0.117 e. The van der Waals surface area contributed by atoms with E-state index in [2.05, 4.69) is 0 Å². The van der Waals surface area contributed by atoms with Crippen molar-refractivity contribution in [2.75, 3.05) is 13.2 Å². The minimum Gasteiger partial charge on any atom is -0.495 e. The van der Waals surface area contributed by atoms with Gasteiger partial charge in [-0.1, -0.05) is 0 Å². The Morgan fingerprint density at radius 1 is 1.86 bits per heavy atom. The lowest BCUT2D eigenvalue weighted by Gasteiger charge is -1.94. The molecule has 40 valence electrons. The highest BCUT2D eigenvalue weighted by molar-refractivity contribution is 4.97. The third kappa shape index (κ3) is 0.933. The minimum atomic E-state index is 0.0556. The SMILES string of the molecule is OCC1=CCCO1. The van der Waals surface area contributed by atoms with Gasteiger partial charge in [-0.05, 0) is 6.08 Å². The topological polar surface area (TPSA) is 29.5 Å². The minimum absolute atomic E-state index is 0.0556. The maximum absolute atomic E-state index is 8.37. The number of ether oxygens (including phenoxy) is 1. The molecular formula is C5H8O2. The summed E-state index contributed by atoms with van der Waals surface area (Å²) < 4.78 is 4.91. The van der Waals surface area contributed by atoms with E-state index in [9.17, 15) is 0 Å². The van der Waals surface area contributed by atoms with Crippen LogP contribution in [-0.2, 0) is 4.74 Å². The van der Waals surface area contributed by atoms with Crippen molar-refractivity contribution >= 4 is 0 Å². The molecule has 0 atom stereocenters. The van der Waals surface area contributed by atoms with Crippen LogP contribution in [0.4, 0.5) is 0 Å². The van der Waals surface area contributed by atoms with Crippen LogP contribution in [0.2, 0.25) is 0 Å². The number of hydrogen-bond donors (Lipinski definition) is 1. The van der Waals surface area contributed by atoms with Gasteiger partial charge >= 0.3 is 0 Å². The number of aliphatic hydroxyl groups excluding tert-OH is 1. The summed E-state index contributed by atoms with van der Waals surface area (Å²) in [5.41, 5.74) is 0. The van der Waals surface area contributed by atoms with E-state index >= 15 is 0 Å². The Hall–Kier alpha value is -0.500. The van der Waals surface area contributed by atoms with Crippen molar-refractivity contribution in [3.63, 3.8) is 0 Å². The lowest BCUT2D eigenvalue weighted by Crippen LogP contribution is -1.88. The molecule has 1 rings (SSSR count). The Labute approximate surface area is 42.4 Å². The van der Waals surface area contributed by atoms with Crippen LogP contribution in [0.3, 0.4) is 0 Å². The quantitative estimate of drug-likeness (QED) is 0.513. The normalized spacial score (nSPS) is 18.7. The molecule has 0 saturated heterocycles. The molecule has 0 spiro atoms. The summed E-state index contributed by atoms with van der Waals surface area (Å²) in [5.74, 6) is 0.722. The Morgan fingerprint density at radius 3 is 3.00 bits per heavy atom. The molecule has 0 saturated carbocycles. The van der Waals surface area contributed by atoms with Gasteiger partial charge in [0, 0.05) is 6.42 Å². The number of aliphatic hydroxyl groups is 1. The van der Waals surface area contributed by atoms with E-state index in [-0.39, 0.29) is 6.61 Å². The van der Waals surface area contributed by atoms with Gasteiger partial charge in [0.2, 0.25) is 0 Å². The summed E-state index contributed by atoms with van der Waals surface area (Å²) in [4.78, 5) is 0. The first kappa shape index (κ1) is 4.65. The molecule has 2 heteroatoms. The molecule has 0 fully saturated rings. The van der Waals surface area contributed by atoms with E-state index < -0.39 is 0 Å². The Balaban J connectivity index is 2.36. The van der Waals surface area contributed by atoms with Crippen LogP contribution in [0.5, 0.6) is 0 Å². The second kappa shape index (κ2) is 1.98. The van der Waals surface area contributed by atoms with Gasteiger partial charge in [-0.3, -0.25) is 0 Å². The number of rotatable bonds is 1. The summed E-state index contributed by atoms with van der Waals surface area (Å²) in [7, 11) is 0. The second-order valence-corrected chi connectivity index (χ2v) is 1.47. The molecule has 0 radical (unpaired) electrons. The highest BCUT2D eigenvalue weighted by Crippen LogP contribution is 2.06. The van der Waals surface area contributed by atoms with Crippen LogP contribution < -0.4 is 0 Å². The van der Waals surface area contributed by atoms with Gasteiger partial charge < -0.3 is 9.84 Å². The summed E-state index contributed by atoms with van der Waals surface area (Å²) in [6.07, 6.45) is 2.86. The molecule has 0 aromatic rings. The maximum Gasteiger partial charge on any atom is 0.117 e. The first-order valence-corrected chi connectivity index (χ1v) is 2.36. The van der Waals surface area contributed by atoms with E-state index in [1.165, 1.54) is 0 Å². The van der Waals surface area contributed by atoms with Crippen molar-refractivity contribution in [3.05, 3.63) is 11.8 Å². The molecule has 0 aromatic carbocycles. The van der Waals surface area contributed by atoms with Gasteiger partial charge in [-0.25, -0.2) is 0 Å². The average Bonchev–Trinajstić information content (AvgIpc) is 2.14. The zero-order valence-electron chi connectivity index (χ0n) is 4.05. The lowest BCUT2D eigenvalue weighted by molar-refractivity contribution is 0.185. The molecule has 1 aliphatic heterocycles. The molecule has 0 amide bonds. The second-order valence-electron chi connectivity index (χ2n) is 1.47. The zero-order valence-corrected chi connectivity index (χ0v) is 4.05. The summed E-state index contributed by atoms with van der Waals surface area (Å²) >= 11 is 0. The molecule has 0 bridgehead atoms. The van der Waals surface area contributed by atoms with Crippen LogP contribution >= 0.6 is 0 Å². The van der Waals surface area contributed by atoms with Gasteiger partial charge in [-0.2, -0.15) is 0 Å². The van der Waals surface area contributed by atoms with Crippen molar-refractivity contribution in [1.82, 2.24) is 0 Å². The predicted molar refractivity (Wildman–Crippen MR) is 25.7 cm³/mol. The molecular weight excluding hydrogens is 92.1 g/mol. The largest absolute Gasteiger partial charge is 0.495 e. The van der Waals surface area contributed by atoms with E-state index in [1.807, 2.05) is 6.08 Å². The monoisotopic (exact) mass is 100 g/mol. The zero-order chi connectivity index (χ0) is 5.11. The van der Waals surface area contributed by atoms with Crippen molar-refractivity contribution in [2.24, 2.45) is 0 Å². The van der Waals surface area contributed by atoms with E-state index in [4.69, 9.17) is 9.84 Å². The predicted octanol–water partition coefficient (Wildman–Crippen LogP) is 0.283. The van der Waals surface area contributed by atoms with Crippen LogP contribution in [-0.4, -0.2) is 18.3 Å². The van der Waals surface area contributed by atoms with Crippen molar-refractivity contribution < 1.29 is 9.84 Å². The lowest BCUT2D eigenvalue weighted by atomic mass is 10.4. The third-order valence-electron chi connectivity index (χ3n) is 0.933. The molecule has 1 heterocycles. The average molecular weight is 100 g/mol. The molecule has 1 N–H and O–H groups in total. The van der Waals surface area contributed by atoms with E-state index in [1.54, 1.807) is 0 Å².